The summed E-state index contributed by atoms with van der Waals surface area (Å²) < 4.78 is 13.3. The molecule has 0 rings (SSSR count). The van der Waals surface area contributed by atoms with Gasteiger partial charge in [0, 0.05) is 0 Å². The molecule has 2 atom stereocenters. The number of hydrogen-bond donors (Lipinski definition) is 2. The molecule has 3 N–H and O–H groups in total. The van der Waals surface area contributed by atoms with Crippen LogP contribution >= 0.6 is 20.1 Å². The predicted octanol–water partition coefficient (Wildman–Crippen LogP) is 2.67. The van der Waals surface area contributed by atoms with Crippen molar-refractivity contribution in [2.24, 2.45) is 23.5 Å². The summed E-state index contributed by atoms with van der Waals surface area (Å²) in [5.41, 5.74) is 5.36. The van der Waals surface area contributed by atoms with E-state index in [2.05, 4.69) is 10.1 Å². The van der Waals surface area contributed by atoms with Gasteiger partial charge < -0.3 is 0 Å². The van der Waals surface area contributed by atoms with Crippen LogP contribution in [-0.2, 0) is 19.1 Å². The van der Waals surface area contributed by atoms with Crippen molar-refractivity contribution in [2.45, 2.75) is 40.2 Å². The Bertz CT molecular complexity index is 468. The molecular formula is C17H31IN2O5. The van der Waals surface area contributed by atoms with Gasteiger partial charge in [0.25, 0.3) is 0 Å². The number of rotatable bonds is 12. The van der Waals surface area contributed by atoms with E-state index in [0.29, 0.717) is 10.8 Å². The molecule has 0 aliphatic rings. The second-order valence-corrected chi connectivity index (χ2v) is 10.9. The Kier molecular flexibility index (Phi) is 11.7. The van der Waals surface area contributed by atoms with Crippen LogP contribution in [0.4, 0.5) is 4.79 Å². The number of methoxy groups -OCH3 is 1. The van der Waals surface area contributed by atoms with Crippen LogP contribution in [0.3, 0.4) is 0 Å². The first-order chi connectivity index (χ1) is 11.6. The van der Waals surface area contributed by atoms with Crippen LogP contribution in [0.1, 0.15) is 34.1 Å². The molecule has 0 aliphatic carbocycles. The number of hydrogen-bond acceptors (Lipinski definition) is 5. The third-order valence-electron chi connectivity index (χ3n) is 3.13. The van der Waals surface area contributed by atoms with Gasteiger partial charge in [0.1, 0.15) is 0 Å². The average Bonchev–Trinajstić information content (AvgIpc) is 2.50. The zero-order chi connectivity index (χ0) is 19.6. The van der Waals surface area contributed by atoms with Gasteiger partial charge in [0.05, 0.1) is 0 Å². The summed E-state index contributed by atoms with van der Waals surface area (Å²) >= 11 is -2.58. The molecule has 0 aliphatic heterocycles. The van der Waals surface area contributed by atoms with Gasteiger partial charge in [-0.1, -0.05) is 0 Å². The van der Waals surface area contributed by atoms with Crippen molar-refractivity contribution in [2.75, 3.05) is 18.1 Å². The molecule has 0 aromatic rings. The third kappa shape index (κ3) is 9.20. The molecule has 0 saturated heterocycles. The number of carbonyl (C=O) groups excluding carboxylic acids is 3. The minimum atomic E-state index is -2.58. The second kappa shape index (κ2) is 12.2. The molecule has 7 nitrogen and oxygen atoms in total. The molecule has 0 heterocycles. The van der Waals surface area contributed by atoms with Crippen molar-refractivity contribution >= 4 is 35.9 Å². The molecule has 0 radical (unpaired) electrons. The molecule has 0 aromatic carbocycles. The first kappa shape index (κ1) is 23.8. The van der Waals surface area contributed by atoms with Crippen molar-refractivity contribution < 1.29 is 23.9 Å². The summed E-state index contributed by atoms with van der Waals surface area (Å²) in [5.74, 6) is -1.41. The third-order valence-corrected chi connectivity index (χ3v) is 8.33. The standard InChI is InChI=1S/C17H31IN2O5/c1-7-8-25-17(23)18(10-12(4)5)20-16(22)13(9-11(2)3)14(24-6)15(19)21/h7,11-14H,1,8-10H2,2-6H3,(H2,19,21)(H,20,22). The molecule has 146 valence electrons. The van der Waals surface area contributed by atoms with Crippen LogP contribution < -0.4 is 9.26 Å². The number of carbonyl (C=O) groups is 3. The van der Waals surface area contributed by atoms with E-state index in [0.717, 1.165) is 0 Å². The van der Waals surface area contributed by atoms with E-state index in [1.807, 2.05) is 27.7 Å². The average molecular weight is 470 g/mol. The number of halogens is 1. The number of primary amides is 1. The topological polar surface area (TPSA) is 108 Å². The summed E-state index contributed by atoms with van der Waals surface area (Å²) in [6.45, 7) is 11.5. The monoisotopic (exact) mass is 470 g/mol. The first-order valence-electron chi connectivity index (χ1n) is 8.19. The van der Waals surface area contributed by atoms with E-state index in [-0.39, 0.29) is 28.3 Å². The van der Waals surface area contributed by atoms with E-state index >= 15 is 0 Å². The molecule has 0 bridgehead atoms. The summed E-state index contributed by atoms with van der Waals surface area (Å²) in [6, 6.07) is 0. The molecule has 8 heteroatoms. The summed E-state index contributed by atoms with van der Waals surface area (Å²) in [4.78, 5) is 36.6. The zero-order valence-corrected chi connectivity index (χ0v) is 17.9. The van der Waals surface area contributed by atoms with Gasteiger partial charge in [-0.05, 0) is 0 Å². The van der Waals surface area contributed by atoms with Crippen LogP contribution in [0, 0.1) is 17.8 Å². The first-order valence-corrected chi connectivity index (χ1v) is 11.9. The van der Waals surface area contributed by atoms with Gasteiger partial charge in [0.15, 0.2) is 0 Å². The minimum absolute atomic E-state index is 0.109. The van der Waals surface area contributed by atoms with Gasteiger partial charge in [-0.2, -0.15) is 0 Å². The number of nitrogens with two attached hydrogens (primary N) is 1. The van der Waals surface area contributed by atoms with Gasteiger partial charge in [-0.15, -0.1) is 0 Å². The van der Waals surface area contributed by atoms with Gasteiger partial charge >= 0.3 is 158 Å². The van der Waals surface area contributed by atoms with E-state index < -0.39 is 38.0 Å². The SMILES string of the molecule is C=CCOC(=O)I(CC(C)C)NC(=O)C(CC(C)C)C(OC)C(N)=O. The van der Waals surface area contributed by atoms with Crippen molar-refractivity contribution in [1.82, 2.24) is 3.53 Å². The molecule has 2 amide bonds. The molecule has 0 fully saturated rings. The number of alkyl halides is 1. The Morgan fingerprint density at radius 2 is 1.80 bits per heavy atom. The van der Waals surface area contributed by atoms with Crippen molar-refractivity contribution in [3.05, 3.63) is 12.7 Å². The van der Waals surface area contributed by atoms with Crippen LogP contribution in [0.25, 0.3) is 0 Å². The Morgan fingerprint density at radius 3 is 2.20 bits per heavy atom. The van der Waals surface area contributed by atoms with E-state index in [9.17, 15) is 14.4 Å². The Balaban J connectivity index is 5.30. The maximum absolute atomic E-state index is 12.8. The van der Waals surface area contributed by atoms with E-state index in [1.54, 1.807) is 0 Å². The second-order valence-electron chi connectivity index (χ2n) is 6.50. The summed E-state index contributed by atoms with van der Waals surface area (Å²) in [5, 5.41) is 0. The van der Waals surface area contributed by atoms with Crippen LogP contribution in [0.15, 0.2) is 12.7 Å². The molecule has 0 saturated carbocycles. The number of ether oxygens (including phenoxy) is 2. The van der Waals surface area contributed by atoms with E-state index in [4.69, 9.17) is 15.2 Å². The number of nitrogens with one attached hydrogen (secondary N) is 1. The Morgan fingerprint density at radius 1 is 1.20 bits per heavy atom. The van der Waals surface area contributed by atoms with Gasteiger partial charge in [0.2, 0.25) is 0 Å². The van der Waals surface area contributed by atoms with Crippen LogP contribution in [-0.4, -0.2) is 40.0 Å². The number of amides is 2. The fraction of sp³-hybridized carbons (Fsp3) is 0.706. The maximum atomic E-state index is 12.8. The Labute approximate surface area is 157 Å². The Hall–Kier alpha value is -1.16. The van der Waals surface area contributed by atoms with Crippen molar-refractivity contribution in [1.29, 1.82) is 0 Å². The predicted molar refractivity (Wildman–Crippen MR) is 106 cm³/mol. The van der Waals surface area contributed by atoms with Crippen molar-refractivity contribution in [3.63, 3.8) is 0 Å². The molecular weight excluding hydrogens is 439 g/mol. The molecule has 0 aromatic heterocycles. The van der Waals surface area contributed by atoms with E-state index in [1.165, 1.54) is 13.2 Å². The molecule has 25 heavy (non-hydrogen) atoms. The quantitative estimate of drug-likeness (QED) is 0.150. The molecule has 2 unspecified atom stereocenters. The van der Waals surface area contributed by atoms with Crippen LogP contribution in [0.2, 0.25) is 0 Å². The normalized spacial score (nSPS) is 14.0. The fourth-order valence-electron chi connectivity index (χ4n) is 2.18. The summed E-state index contributed by atoms with van der Waals surface area (Å²) in [6.07, 6.45) is 0.892. The van der Waals surface area contributed by atoms with Gasteiger partial charge in [-0.25, -0.2) is 0 Å². The summed E-state index contributed by atoms with van der Waals surface area (Å²) in [7, 11) is 1.35. The van der Waals surface area contributed by atoms with Gasteiger partial charge in [-0.3, -0.25) is 0 Å². The zero-order valence-electron chi connectivity index (χ0n) is 15.7. The molecule has 0 spiro atoms. The van der Waals surface area contributed by atoms with Crippen LogP contribution in [0.5, 0.6) is 0 Å². The van der Waals surface area contributed by atoms with Crippen molar-refractivity contribution in [3.8, 4) is 0 Å². The fourth-order valence-corrected chi connectivity index (χ4v) is 6.34.